The third-order valence-electron chi connectivity index (χ3n) is 3.27. The van der Waals surface area contributed by atoms with Crippen LogP contribution in [0.25, 0.3) is 10.9 Å². The summed E-state index contributed by atoms with van der Waals surface area (Å²) in [6, 6.07) is 0. The van der Waals surface area contributed by atoms with E-state index in [2.05, 4.69) is 25.6 Å². The number of nitrogens with zero attached hydrogens (tertiary/aromatic N) is 3. The molecule has 2 aromatic rings. The first-order valence-corrected chi connectivity index (χ1v) is 9.10. The predicted octanol–water partition coefficient (Wildman–Crippen LogP) is 3.35. The minimum atomic E-state index is -1.09. The topological polar surface area (TPSA) is 153 Å². The average Bonchev–Trinajstić information content (AvgIpc) is 2.53. The second-order valence-electron chi connectivity index (χ2n) is 8.41. The molecule has 0 saturated carbocycles. The van der Waals surface area contributed by atoms with Gasteiger partial charge in [-0.2, -0.15) is 0 Å². The molecule has 0 radical (unpaired) electrons. The van der Waals surface area contributed by atoms with Gasteiger partial charge in [0.2, 0.25) is 5.95 Å². The summed E-state index contributed by atoms with van der Waals surface area (Å²) in [5.74, 6) is -1.08. The van der Waals surface area contributed by atoms with E-state index in [0.717, 1.165) is 0 Å². The zero-order valence-corrected chi connectivity index (χ0v) is 17.7. The first kappa shape index (κ1) is 22.8. The van der Waals surface area contributed by atoms with Gasteiger partial charge in [0.1, 0.15) is 17.0 Å². The summed E-state index contributed by atoms with van der Waals surface area (Å²) >= 11 is 0. The van der Waals surface area contributed by atoms with Gasteiger partial charge < -0.3 is 14.6 Å². The van der Waals surface area contributed by atoms with E-state index in [9.17, 15) is 14.4 Å². The Hall–Kier alpha value is -3.50. The highest BCUT2D eigenvalue weighted by Crippen LogP contribution is 2.25. The third kappa shape index (κ3) is 6.83. The Morgan fingerprint density at radius 3 is 2.03 bits per heavy atom. The van der Waals surface area contributed by atoms with Crippen molar-refractivity contribution in [1.82, 2.24) is 15.0 Å². The maximum absolute atomic E-state index is 12.1. The fourth-order valence-corrected chi connectivity index (χ4v) is 2.32. The van der Waals surface area contributed by atoms with E-state index in [1.165, 1.54) is 12.4 Å². The van der Waals surface area contributed by atoms with Crippen LogP contribution in [0.1, 0.15) is 47.1 Å². The van der Waals surface area contributed by atoms with Crippen LogP contribution in [-0.2, 0) is 20.7 Å². The van der Waals surface area contributed by atoms with E-state index in [0.29, 0.717) is 0 Å². The number of amides is 2. The van der Waals surface area contributed by atoms with Gasteiger partial charge in [-0.05, 0) is 41.5 Å². The fourth-order valence-electron chi connectivity index (χ4n) is 2.32. The minimum Gasteiger partial charge on any atom is -0.481 e. The molecule has 0 aliphatic rings. The number of carbonyl (C=O) groups excluding carboxylic acids is 2. The predicted molar refractivity (Wildman–Crippen MR) is 108 cm³/mol. The van der Waals surface area contributed by atoms with Crippen LogP contribution >= 0.6 is 0 Å². The average molecular weight is 419 g/mol. The van der Waals surface area contributed by atoms with Crippen LogP contribution in [0.3, 0.4) is 0 Å². The van der Waals surface area contributed by atoms with Gasteiger partial charge in [-0.1, -0.05) is 0 Å². The molecule has 30 heavy (non-hydrogen) atoms. The maximum atomic E-state index is 12.1. The highest BCUT2D eigenvalue weighted by molar-refractivity contribution is 5.99. The largest absolute Gasteiger partial charge is 0.481 e. The lowest BCUT2D eigenvalue weighted by Crippen LogP contribution is -2.28. The normalized spacial score (nSPS) is 11.7. The number of hydrogen-bond acceptors (Lipinski definition) is 8. The van der Waals surface area contributed by atoms with Crippen LogP contribution in [0.4, 0.5) is 21.4 Å². The number of hydrogen-bond donors (Lipinski definition) is 3. The molecule has 3 N–H and O–H groups in total. The summed E-state index contributed by atoms with van der Waals surface area (Å²) in [4.78, 5) is 47.6. The van der Waals surface area contributed by atoms with Crippen molar-refractivity contribution in [2.75, 3.05) is 10.6 Å². The molecular weight excluding hydrogens is 394 g/mol. The van der Waals surface area contributed by atoms with Crippen molar-refractivity contribution < 1.29 is 29.0 Å². The molecule has 0 aliphatic heterocycles. The smallest absolute Gasteiger partial charge is 0.414 e. The Morgan fingerprint density at radius 1 is 0.933 bits per heavy atom. The van der Waals surface area contributed by atoms with E-state index < -0.39 is 29.4 Å². The molecule has 0 spiro atoms. The Kier molecular flexibility index (Phi) is 6.44. The molecule has 0 atom stereocenters. The van der Waals surface area contributed by atoms with Gasteiger partial charge in [0.05, 0.1) is 17.3 Å². The number of aliphatic carboxylic acids is 1. The quantitative estimate of drug-likeness (QED) is 0.677. The molecule has 0 fully saturated rings. The summed E-state index contributed by atoms with van der Waals surface area (Å²) in [6.45, 7) is 10.3. The number of carbonyl (C=O) groups is 3. The lowest BCUT2D eigenvalue weighted by molar-refractivity contribution is -0.136. The van der Waals surface area contributed by atoms with E-state index in [1.807, 2.05) is 0 Å². The number of ether oxygens (including phenoxy) is 2. The molecule has 2 rings (SSSR count). The molecular formula is C19H25N5O6. The van der Waals surface area contributed by atoms with Gasteiger partial charge in [-0.25, -0.2) is 24.5 Å². The molecule has 0 saturated heterocycles. The van der Waals surface area contributed by atoms with Crippen LogP contribution in [0.5, 0.6) is 0 Å². The Balaban J connectivity index is 2.41. The molecule has 0 aliphatic carbocycles. The first-order valence-electron chi connectivity index (χ1n) is 9.10. The van der Waals surface area contributed by atoms with E-state index in [4.69, 9.17) is 14.6 Å². The molecule has 11 heteroatoms. The molecule has 11 nitrogen and oxygen atoms in total. The highest BCUT2D eigenvalue weighted by atomic mass is 16.6. The lowest BCUT2D eigenvalue weighted by Gasteiger charge is -2.20. The minimum absolute atomic E-state index is 0.0854. The van der Waals surface area contributed by atoms with Crippen LogP contribution in [0.2, 0.25) is 0 Å². The zero-order chi connectivity index (χ0) is 22.7. The number of aromatic nitrogens is 3. The molecule has 2 amide bonds. The molecule has 0 bridgehead atoms. The SMILES string of the molecule is CC(C)(C)OC(=O)Nc1ncc2c(NC(=O)OC(C)(C)C)ncc(CC(=O)O)c2n1. The summed E-state index contributed by atoms with van der Waals surface area (Å²) in [5, 5.41) is 14.3. The van der Waals surface area contributed by atoms with Crippen LogP contribution < -0.4 is 10.6 Å². The number of pyridine rings is 1. The van der Waals surface area contributed by atoms with Crippen molar-refractivity contribution in [3.63, 3.8) is 0 Å². The summed E-state index contributed by atoms with van der Waals surface area (Å²) in [5.41, 5.74) is -0.949. The summed E-state index contributed by atoms with van der Waals surface area (Å²) in [7, 11) is 0. The Bertz CT molecular complexity index is 978. The molecule has 2 heterocycles. The Labute approximate surface area is 173 Å². The van der Waals surface area contributed by atoms with E-state index in [1.54, 1.807) is 41.5 Å². The van der Waals surface area contributed by atoms with Crippen molar-refractivity contribution in [1.29, 1.82) is 0 Å². The van der Waals surface area contributed by atoms with Gasteiger partial charge in [0.25, 0.3) is 0 Å². The Morgan fingerprint density at radius 2 is 1.50 bits per heavy atom. The van der Waals surface area contributed by atoms with Crippen molar-refractivity contribution in [2.45, 2.75) is 59.2 Å². The van der Waals surface area contributed by atoms with Gasteiger partial charge in [-0.15, -0.1) is 0 Å². The zero-order valence-electron chi connectivity index (χ0n) is 17.7. The standard InChI is InChI=1S/C19H25N5O6/c1-18(2,3)29-16(27)23-14-11-9-21-15(24-17(28)30-19(4,5)6)22-13(11)10(8-20-14)7-12(25)26/h8-9H,7H2,1-6H3,(H,25,26)(H,20,23,27)(H,21,22,24,28). The van der Waals surface area contributed by atoms with Crippen LogP contribution in [0.15, 0.2) is 12.4 Å². The van der Waals surface area contributed by atoms with Gasteiger partial charge in [0.15, 0.2) is 0 Å². The third-order valence-corrected chi connectivity index (χ3v) is 3.27. The van der Waals surface area contributed by atoms with Crippen molar-refractivity contribution in [3.8, 4) is 0 Å². The number of anilines is 2. The first-order chi connectivity index (χ1) is 13.7. The number of nitrogens with one attached hydrogen (secondary N) is 2. The van der Waals surface area contributed by atoms with E-state index >= 15 is 0 Å². The maximum Gasteiger partial charge on any atom is 0.414 e. The van der Waals surface area contributed by atoms with Crippen molar-refractivity contribution in [2.24, 2.45) is 0 Å². The van der Waals surface area contributed by atoms with Crippen LogP contribution in [-0.4, -0.2) is 49.4 Å². The molecule has 2 aromatic heterocycles. The van der Waals surface area contributed by atoms with Crippen molar-refractivity contribution in [3.05, 3.63) is 18.0 Å². The summed E-state index contributed by atoms with van der Waals surface area (Å²) in [6.07, 6.45) is 0.744. The monoisotopic (exact) mass is 419 g/mol. The summed E-state index contributed by atoms with van der Waals surface area (Å²) < 4.78 is 10.4. The molecule has 0 aromatic carbocycles. The van der Waals surface area contributed by atoms with Gasteiger partial charge in [-0.3, -0.25) is 15.4 Å². The molecule has 162 valence electrons. The number of rotatable bonds is 4. The van der Waals surface area contributed by atoms with Crippen LogP contribution in [0, 0.1) is 0 Å². The number of fused-ring (bicyclic) bond motifs is 1. The second kappa shape index (κ2) is 8.47. The van der Waals surface area contributed by atoms with E-state index in [-0.39, 0.29) is 34.7 Å². The number of carboxylic acids is 1. The van der Waals surface area contributed by atoms with Gasteiger partial charge in [0, 0.05) is 18.0 Å². The highest BCUT2D eigenvalue weighted by Gasteiger charge is 2.21. The lowest BCUT2D eigenvalue weighted by atomic mass is 10.1. The molecule has 0 unspecified atom stereocenters. The fraction of sp³-hybridized carbons (Fsp3) is 0.474. The number of carboxylic acid groups (broad SMARTS) is 1. The van der Waals surface area contributed by atoms with Gasteiger partial charge >= 0.3 is 18.2 Å². The van der Waals surface area contributed by atoms with Crippen molar-refractivity contribution >= 4 is 40.8 Å². The second-order valence-corrected chi connectivity index (χ2v) is 8.41.